The molecule has 62 valence electrons. The van der Waals surface area contributed by atoms with Crippen LogP contribution < -0.4 is 5.73 Å². The summed E-state index contributed by atoms with van der Waals surface area (Å²) in [6.45, 7) is 2.06. The summed E-state index contributed by atoms with van der Waals surface area (Å²) in [5, 5.41) is 2.57. The molecular weight excluding hydrogens is 174 g/mol. The number of nitrogens with two attached hydrogens (primary N) is 1. The van der Waals surface area contributed by atoms with E-state index in [1.807, 2.05) is 11.8 Å². The number of hydrogen-bond acceptors (Lipinski definition) is 3. The summed E-state index contributed by atoms with van der Waals surface area (Å²) < 4.78 is 0. The Bertz CT molecular complexity index is 194. The third-order valence-corrected chi connectivity index (χ3v) is 3.85. The lowest BCUT2D eigenvalue weighted by molar-refractivity contribution is 0.731. The minimum Gasteiger partial charge on any atom is -0.327 e. The van der Waals surface area contributed by atoms with Crippen LogP contribution in [-0.4, -0.2) is 12.3 Å². The summed E-state index contributed by atoms with van der Waals surface area (Å²) in [4.78, 5) is 1.38. The van der Waals surface area contributed by atoms with Gasteiger partial charge in [0.1, 0.15) is 0 Å². The zero-order chi connectivity index (χ0) is 8.27. The number of rotatable bonds is 3. The van der Waals surface area contributed by atoms with Crippen LogP contribution in [0.4, 0.5) is 0 Å². The molecule has 0 aliphatic heterocycles. The van der Waals surface area contributed by atoms with Gasteiger partial charge in [-0.05, 0) is 24.6 Å². The zero-order valence-corrected chi connectivity index (χ0v) is 8.41. The van der Waals surface area contributed by atoms with Crippen molar-refractivity contribution >= 4 is 23.1 Å². The molecule has 11 heavy (non-hydrogen) atoms. The van der Waals surface area contributed by atoms with Gasteiger partial charge in [0.2, 0.25) is 0 Å². The first kappa shape index (κ1) is 9.10. The maximum Gasteiger partial charge on any atom is 0.0536 e. The highest BCUT2D eigenvalue weighted by molar-refractivity contribution is 7.99. The van der Waals surface area contributed by atoms with Crippen LogP contribution in [0.15, 0.2) is 17.5 Å². The lowest BCUT2D eigenvalue weighted by atomic mass is 10.2. The summed E-state index contributed by atoms with van der Waals surface area (Å²) in [5.74, 6) is 0. The van der Waals surface area contributed by atoms with Crippen LogP contribution in [0.3, 0.4) is 0 Å². The van der Waals surface area contributed by atoms with E-state index in [1.165, 1.54) is 4.88 Å². The van der Waals surface area contributed by atoms with Crippen molar-refractivity contribution in [1.82, 2.24) is 0 Å². The number of hydrogen-bond donors (Lipinski definition) is 1. The van der Waals surface area contributed by atoms with Crippen LogP contribution >= 0.6 is 23.1 Å². The molecule has 0 aromatic carbocycles. The SMILES string of the molecule is CSC(c1cccs1)C(C)N. The molecule has 0 amide bonds. The van der Waals surface area contributed by atoms with E-state index in [4.69, 9.17) is 5.73 Å². The van der Waals surface area contributed by atoms with Crippen LogP contribution in [0, 0.1) is 0 Å². The predicted octanol–water partition coefficient (Wildman–Crippen LogP) is 2.50. The summed E-state index contributed by atoms with van der Waals surface area (Å²) >= 11 is 3.60. The largest absolute Gasteiger partial charge is 0.327 e. The van der Waals surface area contributed by atoms with Gasteiger partial charge in [-0.2, -0.15) is 11.8 Å². The molecule has 1 rings (SSSR count). The van der Waals surface area contributed by atoms with E-state index in [1.54, 1.807) is 11.3 Å². The molecule has 2 N–H and O–H groups in total. The maximum atomic E-state index is 5.82. The summed E-state index contributed by atoms with van der Waals surface area (Å²) in [6.07, 6.45) is 2.10. The lowest BCUT2D eigenvalue weighted by Gasteiger charge is -2.16. The van der Waals surface area contributed by atoms with Crippen molar-refractivity contribution in [2.75, 3.05) is 6.26 Å². The second-order valence-corrected chi connectivity index (χ2v) is 4.49. The Morgan fingerprint density at radius 2 is 2.36 bits per heavy atom. The van der Waals surface area contributed by atoms with Crippen molar-refractivity contribution in [1.29, 1.82) is 0 Å². The average molecular weight is 187 g/mol. The molecule has 1 heterocycles. The molecule has 2 unspecified atom stereocenters. The highest BCUT2D eigenvalue weighted by Crippen LogP contribution is 2.31. The molecule has 0 radical (unpaired) electrons. The number of thioether (sulfide) groups is 1. The fraction of sp³-hybridized carbons (Fsp3) is 0.500. The molecule has 0 aliphatic carbocycles. The Morgan fingerprint density at radius 3 is 2.73 bits per heavy atom. The van der Waals surface area contributed by atoms with Gasteiger partial charge in [0, 0.05) is 10.9 Å². The van der Waals surface area contributed by atoms with E-state index in [0.717, 1.165) is 0 Å². The zero-order valence-electron chi connectivity index (χ0n) is 6.78. The van der Waals surface area contributed by atoms with Gasteiger partial charge in [0.25, 0.3) is 0 Å². The van der Waals surface area contributed by atoms with E-state index in [9.17, 15) is 0 Å². The minimum atomic E-state index is 0.239. The van der Waals surface area contributed by atoms with Crippen LogP contribution in [0.5, 0.6) is 0 Å². The monoisotopic (exact) mass is 187 g/mol. The van der Waals surface area contributed by atoms with Crippen molar-refractivity contribution in [3.63, 3.8) is 0 Å². The summed E-state index contributed by atoms with van der Waals surface area (Å²) in [6, 6.07) is 4.46. The highest BCUT2D eigenvalue weighted by Gasteiger charge is 2.14. The van der Waals surface area contributed by atoms with Gasteiger partial charge in [-0.25, -0.2) is 0 Å². The fourth-order valence-electron chi connectivity index (χ4n) is 1.04. The van der Waals surface area contributed by atoms with Crippen molar-refractivity contribution in [2.24, 2.45) is 5.73 Å². The minimum absolute atomic E-state index is 0.239. The van der Waals surface area contributed by atoms with Crippen molar-refractivity contribution in [2.45, 2.75) is 18.2 Å². The van der Waals surface area contributed by atoms with Gasteiger partial charge in [-0.15, -0.1) is 11.3 Å². The first-order chi connectivity index (χ1) is 5.25. The van der Waals surface area contributed by atoms with Crippen LogP contribution in [0.1, 0.15) is 17.1 Å². The second-order valence-electron chi connectivity index (χ2n) is 2.53. The Kier molecular flexibility index (Phi) is 3.43. The smallest absolute Gasteiger partial charge is 0.0536 e. The van der Waals surface area contributed by atoms with Crippen LogP contribution in [0.2, 0.25) is 0 Å². The molecule has 0 saturated carbocycles. The summed E-state index contributed by atoms with van der Waals surface area (Å²) in [7, 11) is 0. The molecule has 3 heteroatoms. The third kappa shape index (κ3) is 2.22. The Hall–Kier alpha value is 0.01000. The first-order valence-electron chi connectivity index (χ1n) is 3.57. The molecule has 0 saturated heterocycles. The van der Waals surface area contributed by atoms with E-state index >= 15 is 0 Å². The molecule has 1 nitrogen and oxygen atoms in total. The van der Waals surface area contributed by atoms with E-state index in [-0.39, 0.29) is 6.04 Å². The van der Waals surface area contributed by atoms with Crippen molar-refractivity contribution < 1.29 is 0 Å². The number of thiophene rings is 1. The predicted molar refractivity (Wildman–Crippen MR) is 54.2 cm³/mol. The van der Waals surface area contributed by atoms with Gasteiger partial charge in [-0.1, -0.05) is 6.07 Å². The topological polar surface area (TPSA) is 26.0 Å². The maximum absolute atomic E-state index is 5.82. The molecule has 1 aromatic heterocycles. The standard InChI is InChI=1S/C8H13NS2/c1-6(9)8(10-2)7-4-3-5-11-7/h3-6,8H,9H2,1-2H3. The average Bonchev–Trinajstić information content (AvgIpc) is 2.40. The normalized spacial score (nSPS) is 16.3. The van der Waals surface area contributed by atoms with Crippen molar-refractivity contribution in [3.05, 3.63) is 22.4 Å². The van der Waals surface area contributed by atoms with Gasteiger partial charge >= 0.3 is 0 Å². The Balaban J connectivity index is 2.71. The van der Waals surface area contributed by atoms with Gasteiger partial charge in [0.05, 0.1) is 5.25 Å². The molecule has 1 aromatic rings. The Labute approximate surface area is 76.0 Å². The third-order valence-electron chi connectivity index (χ3n) is 1.56. The van der Waals surface area contributed by atoms with E-state index < -0.39 is 0 Å². The lowest BCUT2D eigenvalue weighted by Crippen LogP contribution is -2.21. The molecular formula is C8H13NS2. The fourth-order valence-corrected chi connectivity index (χ4v) is 3.06. The van der Waals surface area contributed by atoms with Gasteiger partial charge < -0.3 is 5.73 Å². The van der Waals surface area contributed by atoms with Gasteiger partial charge in [0.15, 0.2) is 0 Å². The first-order valence-corrected chi connectivity index (χ1v) is 5.74. The molecule has 2 atom stereocenters. The van der Waals surface area contributed by atoms with Crippen LogP contribution in [0.25, 0.3) is 0 Å². The summed E-state index contributed by atoms with van der Waals surface area (Å²) in [5.41, 5.74) is 5.82. The second kappa shape index (κ2) is 4.14. The molecule has 0 fully saturated rings. The highest BCUT2D eigenvalue weighted by atomic mass is 32.2. The molecule has 0 spiro atoms. The van der Waals surface area contributed by atoms with Crippen LogP contribution in [-0.2, 0) is 0 Å². The molecule has 0 bridgehead atoms. The van der Waals surface area contributed by atoms with E-state index in [2.05, 4.69) is 30.7 Å². The van der Waals surface area contributed by atoms with E-state index in [0.29, 0.717) is 5.25 Å². The quantitative estimate of drug-likeness (QED) is 0.787. The Morgan fingerprint density at radius 1 is 1.64 bits per heavy atom. The van der Waals surface area contributed by atoms with Crippen molar-refractivity contribution in [3.8, 4) is 0 Å². The van der Waals surface area contributed by atoms with Gasteiger partial charge in [-0.3, -0.25) is 0 Å². The molecule has 0 aliphatic rings.